The number of hydrogen-bond acceptors (Lipinski definition) is 2. The third kappa shape index (κ3) is 2.18. The Hall–Kier alpha value is -0.590. The summed E-state index contributed by atoms with van der Waals surface area (Å²) in [5.74, 6) is 0. The number of halogens is 1. The average Bonchev–Trinajstić information content (AvgIpc) is 2.36. The van der Waals surface area contributed by atoms with Gasteiger partial charge in [0.1, 0.15) is 0 Å². The maximum atomic E-state index is 8.37. The highest BCUT2D eigenvalue weighted by Gasteiger charge is 1.97. The first-order valence-corrected chi connectivity index (χ1v) is 4.72. The van der Waals surface area contributed by atoms with Crippen molar-refractivity contribution in [1.29, 1.82) is 5.26 Å². The van der Waals surface area contributed by atoms with E-state index >= 15 is 0 Å². The first-order valence-electron chi connectivity index (χ1n) is 3.05. The standard InChI is InChI=1S/C8H6BrNS/c1-6(2-3-10)8-4-7(9)5-11-8/h2,4-5H,1H3. The molecule has 0 aromatic carbocycles. The Morgan fingerprint density at radius 2 is 2.55 bits per heavy atom. The number of nitriles is 1. The minimum absolute atomic E-state index is 1.02. The van der Waals surface area contributed by atoms with Gasteiger partial charge in [0, 0.05) is 20.8 Å². The zero-order valence-electron chi connectivity index (χ0n) is 5.97. The second-order valence-electron chi connectivity index (χ2n) is 2.09. The molecule has 1 rings (SSSR count). The summed E-state index contributed by atoms with van der Waals surface area (Å²) in [5.41, 5.74) is 1.02. The molecule has 0 bridgehead atoms. The van der Waals surface area contributed by atoms with Gasteiger partial charge in [-0.3, -0.25) is 0 Å². The lowest BCUT2D eigenvalue weighted by Crippen LogP contribution is -1.68. The molecule has 1 aromatic heterocycles. The van der Waals surface area contributed by atoms with E-state index < -0.39 is 0 Å². The highest BCUT2D eigenvalue weighted by atomic mass is 79.9. The minimum atomic E-state index is 1.02. The van der Waals surface area contributed by atoms with Gasteiger partial charge in [-0.15, -0.1) is 11.3 Å². The third-order valence-corrected chi connectivity index (χ3v) is 3.06. The van der Waals surface area contributed by atoms with Crippen molar-refractivity contribution in [3.05, 3.63) is 26.9 Å². The SMILES string of the molecule is CC(=CC#N)c1cc(Br)cs1. The van der Waals surface area contributed by atoms with E-state index in [2.05, 4.69) is 15.9 Å². The maximum Gasteiger partial charge on any atom is 0.0915 e. The van der Waals surface area contributed by atoms with Crippen molar-refractivity contribution in [1.82, 2.24) is 0 Å². The van der Waals surface area contributed by atoms with Crippen LogP contribution in [0.4, 0.5) is 0 Å². The van der Waals surface area contributed by atoms with Gasteiger partial charge in [-0.05, 0) is 34.5 Å². The second-order valence-corrected chi connectivity index (χ2v) is 3.91. The summed E-state index contributed by atoms with van der Waals surface area (Å²) in [7, 11) is 0. The molecule has 1 aromatic rings. The molecule has 1 heterocycles. The Labute approximate surface area is 78.1 Å². The molecule has 0 aliphatic rings. The quantitative estimate of drug-likeness (QED) is 0.675. The first-order chi connectivity index (χ1) is 5.24. The summed E-state index contributed by atoms with van der Waals surface area (Å²) in [6, 6.07) is 4.01. The van der Waals surface area contributed by atoms with Crippen molar-refractivity contribution in [2.45, 2.75) is 6.92 Å². The number of thiophene rings is 1. The van der Waals surface area contributed by atoms with E-state index in [0.29, 0.717) is 0 Å². The molecule has 0 aliphatic carbocycles. The van der Waals surface area contributed by atoms with Gasteiger partial charge in [-0.25, -0.2) is 0 Å². The van der Waals surface area contributed by atoms with Crippen LogP contribution in [0.5, 0.6) is 0 Å². The summed E-state index contributed by atoms with van der Waals surface area (Å²) < 4.78 is 1.07. The van der Waals surface area contributed by atoms with Gasteiger partial charge in [-0.1, -0.05) is 0 Å². The third-order valence-electron chi connectivity index (χ3n) is 1.24. The summed E-state index contributed by atoms with van der Waals surface area (Å²) >= 11 is 4.98. The van der Waals surface area contributed by atoms with Crippen LogP contribution >= 0.6 is 27.3 Å². The lowest BCUT2D eigenvalue weighted by molar-refractivity contribution is 1.53. The summed E-state index contributed by atoms with van der Waals surface area (Å²) in [4.78, 5) is 1.14. The van der Waals surface area contributed by atoms with Gasteiger partial charge in [0.05, 0.1) is 6.07 Å². The Kier molecular flexibility index (Phi) is 2.86. The molecule has 1 nitrogen and oxygen atoms in total. The van der Waals surface area contributed by atoms with Crippen molar-refractivity contribution < 1.29 is 0 Å². The summed E-state index contributed by atoms with van der Waals surface area (Å²) in [5, 5.41) is 10.4. The lowest BCUT2D eigenvalue weighted by atomic mass is 10.2. The van der Waals surface area contributed by atoms with Crippen LogP contribution in [0.15, 0.2) is 22.0 Å². The largest absolute Gasteiger partial charge is 0.193 e. The Bertz CT molecular complexity index is 319. The normalized spacial score (nSPS) is 11.2. The minimum Gasteiger partial charge on any atom is -0.193 e. The maximum absolute atomic E-state index is 8.37. The molecule has 0 N–H and O–H groups in total. The Balaban J connectivity index is 2.95. The predicted molar refractivity (Wildman–Crippen MR) is 51.3 cm³/mol. The Morgan fingerprint density at radius 1 is 1.82 bits per heavy atom. The van der Waals surface area contributed by atoms with Crippen LogP contribution in [0, 0.1) is 11.3 Å². The summed E-state index contributed by atoms with van der Waals surface area (Å²) in [6.45, 7) is 1.93. The van der Waals surface area contributed by atoms with E-state index in [-0.39, 0.29) is 0 Å². The second kappa shape index (κ2) is 3.70. The molecule has 56 valence electrons. The van der Waals surface area contributed by atoms with Gasteiger partial charge >= 0.3 is 0 Å². The molecule has 0 fully saturated rings. The van der Waals surface area contributed by atoms with Crippen LogP contribution < -0.4 is 0 Å². The van der Waals surface area contributed by atoms with Crippen LogP contribution in [-0.4, -0.2) is 0 Å². The van der Waals surface area contributed by atoms with Gasteiger partial charge < -0.3 is 0 Å². The van der Waals surface area contributed by atoms with Crippen LogP contribution in [0.3, 0.4) is 0 Å². The summed E-state index contributed by atoms with van der Waals surface area (Å²) in [6.07, 6.45) is 1.55. The number of allylic oxidation sites excluding steroid dienone is 2. The first kappa shape index (κ1) is 8.51. The van der Waals surface area contributed by atoms with Crippen molar-refractivity contribution in [3.8, 4) is 6.07 Å². The zero-order chi connectivity index (χ0) is 8.27. The average molecular weight is 228 g/mol. The molecule has 0 saturated heterocycles. The molecule has 0 aliphatic heterocycles. The van der Waals surface area contributed by atoms with E-state index in [1.54, 1.807) is 17.4 Å². The molecule has 0 spiro atoms. The topological polar surface area (TPSA) is 23.8 Å². The monoisotopic (exact) mass is 227 g/mol. The van der Waals surface area contributed by atoms with Crippen molar-refractivity contribution in [3.63, 3.8) is 0 Å². The van der Waals surface area contributed by atoms with E-state index in [1.165, 1.54) is 0 Å². The number of hydrogen-bond donors (Lipinski definition) is 0. The molecule has 0 saturated carbocycles. The van der Waals surface area contributed by atoms with Crippen LogP contribution in [0.25, 0.3) is 5.57 Å². The van der Waals surface area contributed by atoms with E-state index in [9.17, 15) is 0 Å². The number of rotatable bonds is 1. The predicted octanol–water partition coefficient (Wildman–Crippen LogP) is 3.44. The molecular weight excluding hydrogens is 222 g/mol. The fourth-order valence-corrected chi connectivity index (χ4v) is 2.10. The molecule has 0 atom stereocenters. The van der Waals surface area contributed by atoms with Crippen LogP contribution in [0.1, 0.15) is 11.8 Å². The molecule has 0 amide bonds. The van der Waals surface area contributed by atoms with Gasteiger partial charge in [0.2, 0.25) is 0 Å². The molecule has 0 radical (unpaired) electrons. The highest BCUT2D eigenvalue weighted by molar-refractivity contribution is 9.10. The van der Waals surface area contributed by atoms with Crippen molar-refractivity contribution in [2.75, 3.05) is 0 Å². The fraction of sp³-hybridized carbons (Fsp3) is 0.125. The molecule has 3 heteroatoms. The van der Waals surface area contributed by atoms with E-state index in [1.807, 2.05) is 24.4 Å². The van der Waals surface area contributed by atoms with Crippen molar-refractivity contribution in [2.24, 2.45) is 0 Å². The molecule has 11 heavy (non-hydrogen) atoms. The lowest BCUT2D eigenvalue weighted by Gasteiger charge is -1.89. The van der Waals surface area contributed by atoms with Gasteiger partial charge in [0.25, 0.3) is 0 Å². The highest BCUT2D eigenvalue weighted by Crippen LogP contribution is 2.25. The zero-order valence-corrected chi connectivity index (χ0v) is 8.37. The Morgan fingerprint density at radius 3 is 3.00 bits per heavy atom. The number of nitrogens with zero attached hydrogens (tertiary/aromatic N) is 1. The van der Waals surface area contributed by atoms with E-state index in [4.69, 9.17) is 5.26 Å². The molecular formula is C8H6BrNS. The van der Waals surface area contributed by atoms with E-state index in [0.717, 1.165) is 14.9 Å². The van der Waals surface area contributed by atoms with Crippen molar-refractivity contribution >= 4 is 32.8 Å². The van der Waals surface area contributed by atoms with Gasteiger partial charge in [-0.2, -0.15) is 5.26 Å². The van der Waals surface area contributed by atoms with Crippen LogP contribution in [0.2, 0.25) is 0 Å². The smallest absolute Gasteiger partial charge is 0.0915 e. The van der Waals surface area contributed by atoms with Gasteiger partial charge in [0.15, 0.2) is 0 Å². The van der Waals surface area contributed by atoms with Crippen LogP contribution in [-0.2, 0) is 0 Å². The molecule has 0 unspecified atom stereocenters. The fourth-order valence-electron chi connectivity index (χ4n) is 0.688.